The van der Waals surface area contributed by atoms with Crippen LogP contribution in [0.25, 0.3) is 10.8 Å². The zero-order valence-corrected chi connectivity index (χ0v) is 12.7. The van der Waals surface area contributed by atoms with Crippen LogP contribution in [0.3, 0.4) is 0 Å². The van der Waals surface area contributed by atoms with E-state index in [2.05, 4.69) is 14.9 Å². The van der Waals surface area contributed by atoms with Gasteiger partial charge in [0.25, 0.3) is 0 Å². The number of pyridine rings is 2. The monoisotopic (exact) mass is 305 g/mol. The Hall–Kier alpha value is -1.88. The summed E-state index contributed by atoms with van der Waals surface area (Å²) in [5, 5.41) is 2.23. The van der Waals surface area contributed by atoms with Crippen LogP contribution in [0, 0.1) is 0 Å². The molecule has 2 aromatic rings. The van der Waals surface area contributed by atoms with Gasteiger partial charge in [-0.15, -0.1) is 0 Å². The number of carbonyl (C=O) groups is 1. The number of anilines is 1. The number of hydrogen-bond donors (Lipinski definition) is 0. The summed E-state index contributed by atoms with van der Waals surface area (Å²) >= 11 is 6.03. The van der Waals surface area contributed by atoms with Gasteiger partial charge in [0, 0.05) is 30.9 Å². The molecular weight excluding hydrogens is 290 g/mol. The van der Waals surface area contributed by atoms with E-state index in [-0.39, 0.29) is 5.97 Å². The number of ether oxygens (including phenoxy) is 1. The lowest BCUT2D eigenvalue weighted by molar-refractivity contribution is -0.141. The smallest absolute Gasteiger partial charge is 0.312 e. The van der Waals surface area contributed by atoms with Crippen molar-refractivity contribution in [3.05, 3.63) is 29.2 Å². The molecule has 1 aliphatic heterocycles. The summed E-state index contributed by atoms with van der Waals surface area (Å²) in [6.45, 7) is 3.80. The molecule has 3 rings (SSSR count). The van der Waals surface area contributed by atoms with Gasteiger partial charge < -0.3 is 9.64 Å². The van der Waals surface area contributed by atoms with E-state index in [9.17, 15) is 4.79 Å². The van der Waals surface area contributed by atoms with Gasteiger partial charge in [-0.1, -0.05) is 11.6 Å². The van der Waals surface area contributed by atoms with Crippen molar-refractivity contribution in [2.24, 2.45) is 0 Å². The van der Waals surface area contributed by atoms with Crippen molar-refractivity contribution in [3.8, 4) is 0 Å². The molecule has 0 radical (unpaired) electrons. The van der Waals surface area contributed by atoms with Crippen molar-refractivity contribution in [3.63, 3.8) is 0 Å². The number of methoxy groups -OCH3 is 1. The van der Waals surface area contributed by atoms with Gasteiger partial charge in [0.1, 0.15) is 11.0 Å². The van der Waals surface area contributed by atoms with Crippen molar-refractivity contribution < 1.29 is 9.53 Å². The van der Waals surface area contributed by atoms with E-state index in [1.54, 1.807) is 25.4 Å². The Bertz CT molecular complexity index is 701. The number of fused-ring (bicyclic) bond motifs is 1. The Labute approximate surface area is 127 Å². The average Bonchev–Trinajstić information content (AvgIpc) is 2.44. The first-order chi connectivity index (χ1) is 10.1. The van der Waals surface area contributed by atoms with Gasteiger partial charge in [-0.3, -0.25) is 4.79 Å². The van der Waals surface area contributed by atoms with Crippen LogP contribution in [-0.4, -0.2) is 36.1 Å². The molecule has 1 saturated heterocycles. The Balaban J connectivity index is 2.17. The number of esters is 1. The first-order valence-corrected chi connectivity index (χ1v) is 7.26. The highest BCUT2D eigenvalue weighted by atomic mass is 35.5. The number of carbonyl (C=O) groups excluding carboxylic acids is 1. The molecule has 0 amide bonds. The van der Waals surface area contributed by atoms with E-state index < -0.39 is 5.92 Å². The highest BCUT2D eigenvalue weighted by Crippen LogP contribution is 2.33. The van der Waals surface area contributed by atoms with Crippen LogP contribution in [0.1, 0.15) is 24.8 Å². The van der Waals surface area contributed by atoms with Crippen molar-refractivity contribution in [1.29, 1.82) is 0 Å². The summed E-state index contributed by atoms with van der Waals surface area (Å²) in [4.78, 5) is 22.7. The van der Waals surface area contributed by atoms with E-state index in [0.29, 0.717) is 5.15 Å². The Morgan fingerprint density at radius 3 is 2.71 bits per heavy atom. The van der Waals surface area contributed by atoms with E-state index in [4.69, 9.17) is 16.3 Å². The van der Waals surface area contributed by atoms with Crippen LogP contribution in [0.15, 0.2) is 18.5 Å². The van der Waals surface area contributed by atoms with E-state index in [1.807, 2.05) is 0 Å². The average molecular weight is 306 g/mol. The molecule has 1 atom stereocenters. The van der Waals surface area contributed by atoms with Crippen LogP contribution in [-0.2, 0) is 9.53 Å². The maximum absolute atomic E-state index is 11.8. The Morgan fingerprint density at radius 1 is 1.33 bits per heavy atom. The Morgan fingerprint density at radius 2 is 2.10 bits per heavy atom. The fourth-order valence-corrected chi connectivity index (χ4v) is 2.70. The maximum Gasteiger partial charge on any atom is 0.312 e. The molecule has 21 heavy (non-hydrogen) atoms. The summed E-state index contributed by atoms with van der Waals surface area (Å²) in [5.41, 5.74) is 0.811. The lowest BCUT2D eigenvalue weighted by Gasteiger charge is -2.33. The predicted octanol–water partition coefficient (Wildman–Crippen LogP) is 2.77. The molecule has 0 aliphatic carbocycles. The molecule has 1 unspecified atom stereocenters. The molecule has 6 heteroatoms. The minimum atomic E-state index is -0.395. The second kappa shape index (κ2) is 5.48. The first kappa shape index (κ1) is 14.1. The lowest BCUT2D eigenvalue weighted by atomic mass is 9.97. The molecule has 1 fully saturated rings. The van der Waals surface area contributed by atoms with Crippen LogP contribution in [0.4, 0.5) is 5.82 Å². The topological polar surface area (TPSA) is 55.3 Å². The molecule has 0 saturated carbocycles. The molecule has 0 spiro atoms. The SMILES string of the molecule is COC(=O)C(C)c1cnc(N2CCC2)c2cnc(Cl)cc12. The summed E-state index contributed by atoms with van der Waals surface area (Å²) in [7, 11) is 1.39. The van der Waals surface area contributed by atoms with Gasteiger partial charge >= 0.3 is 5.97 Å². The minimum Gasteiger partial charge on any atom is -0.469 e. The Kier molecular flexibility index (Phi) is 3.68. The van der Waals surface area contributed by atoms with Gasteiger partial charge in [-0.25, -0.2) is 9.97 Å². The second-order valence-electron chi connectivity index (χ2n) is 5.18. The molecule has 2 aromatic heterocycles. The third kappa shape index (κ3) is 2.42. The fourth-order valence-electron chi connectivity index (χ4n) is 2.55. The number of aromatic nitrogens is 2. The standard InChI is InChI=1S/C15H16ClN3O2/c1-9(15(20)21-2)11-7-18-14(19-4-3-5-19)12-8-17-13(16)6-10(11)12/h6-9H,3-5H2,1-2H3. The number of rotatable bonds is 3. The predicted molar refractivity (Wildman–Crippen MR) is 81.8 cm³/mol. The quantitative estimate of drug-likeness (QED) is 0.644. The van der Waals surface area contributed by atoms with Crippen LogP contribution < -0.4 is 4.90 Å². The van der Waals surface area contributed by atoms with Crippen molar-refractivity contribution >= 4 is 34.2 Å². The summed E-state index contributed by atoms with van der Waals surface area (Å²) in [6.07, 6.45) is 4.64. The first-order valence-electron chi connectivity index (χ1n) is 6.88. The summed E-state index contributed by atoms with van der Waals surface area (Å²) < 4.78 is 4.83. The highest BCUT2D eigenvalue weighted by molar-refractivity contribution is 6.30. The van der Waals surface area contributed by atoms with Gasteiger partial charge in [0.15, 0.2) is 0 Å². The van der Waals surface area contributed by atoms with Crippen LogP contribution in [0.5, 0.6) is 0 Å². The highest BCUT2D eigenvalue weighted by Gasteiger charge is 2.23. The molecule has 110 valence electrons. The van der Waals surface area contributed by atoms with E-state index in [1.165, 1.54) is 13.5 Å². The molecule has 1 aliphatic rings. The molecule has 0 N–H and O–H groups in total. The molecule has 0 bridgehead atoms. The van der Waals surface area contributed by atoms with Gasteiger partial charge in [-0.05, 0) is 30.4 Å². The lowest BCUT2D eigenvalue weighted by Crippen LogP contribution is -2.37. The molecular formula is C15H16ClN3O2. The maximum atomic E-state index is 11.8. The third-order valence-corrected chi connectivity index (χ3v) is 4.13. The zero-order chi connectivity index (χ0) is 15.0. The zero-order valence-electron chi connectivity index (χ0n) is 12.0. The minimum absolute atomic E-state index is 0.289. The molecule has 3 heterocycles. The molecule has 5 nitrogen and oxygen atoms in total. The summed E-state index contributed by atoms with van der Waals surface area (Å²) in [5.74, 6) is 0.220. The van der Waals surface area contributed by atoms with Crippen LogP contribution in [0.2, 0.25) is 5.15 Å². The third-order valence-electron chi connectivity index (χ3n) is 3.93. The molecule has 0 aromatic carbocycles. The van der Waals surface area contributed by atoms with Crippen molar-refractivity contribution in [1.82, 2.24) is 9.97 Å². The second-order valence-corrected chi connectivity index (χ2v) is 5.56. The van der Waals surface area contributed by atoms with E-state index in [0.717, 1.165) is 35.2 Å². The largest absolute Gasteiger partial charge is 0.469 e. The summed E-state index contributed by atoms with van der Waals surface area (Å²) in [6, 6.07) is 1.79. The fraction of sp³-hybridized carbons (Fsp3) is 0.400. The number of hydrogen-bond acceptors (Lipinski definition) is 5. The number of nitrogens with zero attached hydrogens (tertiary/aromatic N) is 3. The van der Waals surface area contributed by atoms with Crippen molar-refractivity contribution in [2.75, 3.05) is 25.1 Å². The normalized spacial score (nSPS) is 15.7. The van der Waals surface area contributed by atoms with E-state index >= 15 is 0 Å². The van der Waals surface area contributed by atoms with Gasteiger partial charge in [0.2, 0.25) is 0 Å². The van der Waals surface area contributed by atoms with Gasteiger partial charge in [0.05, 0.1) is 13.0 Å². The van der Waals surface area contributed by atoms with Gasteiger partial charge in [-0.2, -0.15) is 0 Å². The van der Waals surface area contributed by atoms with Crippen molar-refractivity contribution in [2.45, 2.75) is 19.3 Å². The number of halogens is 1. The van der Waals surface area contributed by atoms with Crippen LogP contribution >= 0.6 is 11.6 Å².